The van der Waals surface area contributed by atoms with Crippen LogP contribution in [0.15, 0.2) is 29.2 Å². The molecule has 0 atom stereocenters. The number of H-pyrrole nitrogens is 1. The van der Waals surface area contributed by atoms with Crippen LogP contribution in [-0.2, 0) is 0 Å². The Labute approximate surface area is 92.3 Å². The van der Waals surface area contributed by atoms with Crippen LogP contribution in [0.2, 0.25) is 0 Å². The molecule has 0 amide bonds. The molecule has 2 nitrogen and oxygen atoms in total. The van der Waals surface area contributed by atoms with E-state index in [0.29, 0.717) is 4.64 Å². The van der Waals surface area contributed by atoms with Crippen LogP contribution >= 0.6 is 24.8 Å². The van der Waals surface area contributed by atoms with Gasteiger partial charge in [-0.1, -0.05) is 12.2 Å². The van der Waals surface area contributed by atoms with E-state index in [1.807, 2.05) is 24.3 Å². The molecule has 1 aromatic carbocycles. The third-order valence-corrected chi connectivity index (χ3v) is 2.62. The predicted molar refractivity (Wildman–Crippen MR) is 62.9 cm³/mol. The number of aromatic nitrogens is 1. The molecule has 0 saturated heterocycles. The summed E-state index contributed by atoms with van der Waals surface area (Å²) in [6.07, 6.45) is 0. The fourth-order valence-electron chi connectivity index (χ4n) is 1.34. The van der Waals surface area contributed by atoms with E-state index in [9.17, 15) is 0 Å². The highest BCUT2D eigenvalue weighted by molar-refractivity contribution is 7.80. The van der Waals surface area contributed by atoms with E-state index < -0.39 is 0 Å². The van der Waals surface area contributed by atoms with E-state index in [1.165, 1.54) is 0 Å². The maximum atomic E-state index is 5.13. The van der Waals surface area contributed by atoms with Crippen molar-refractivity contribution >= 4 is 35.7 Å². The first-order valence-corrected chi connectivity index (χ1v) is 4.96. The number of rotatable bonds is 1. The Morgan fingerprint density at radius 1 is 1.36 bits per heavy atom. The standard InChI is InChI=1S/C10H9NOS2/c1-12-6-2-3-8-7(4-6)9(13)5-10(14)11-8/h2-5H,1H3,(H2,11,13,14). The molecule has 0 aliphatic carbocycles. The van der Waals surface area contributed by atoms with Gasteiger partial charge < -0.3 is 9.72 Å². The second kappa shape index (κ2) is 3.63. The zero-order valence-electron chi connectivity index (χ0n) is 7.57. The van der Waals surface area contributed by atoms with Crippen molar-refractivity contribution in [3.05, 3.63) is 28.9 Å². The van der Waals surface area contributed by atoms with Crippen molar-refractivity contribution in [2.75, 3.05) is 7.11 Å². The number of hydrogen-bond acceptors (Lipinski definition) is 3. The number of pyridine rings is 1. The summed E-state index contributed by atoms with van der Waals surface area (Å²) in [5.74, 6) is 0.818. The summed E-state index contributed by atoms with van der Waals surface area (Å²) in [4.78, 5) is 3.96. The van der Waals surface area contributed by atoms with Gasteiger partial charge in [0.1, 0.15) is 10.4 Å². The van der Waals surface area contributed by atoms with Crippen molar-refractivity contribution in [3.8, 4) is 5.75 Å². The highest BCUT2D eigenvalue weighted by Gasteiger charge is 2.00. The zero-order valence-corrected chi connectivity index (χ0v) is 9.28. The highest BCUT2D eigenvalue weighted by atomic mass is 32.1. The Morgan fingerprint density at radius 3 is 2.86 bits per heavy atom. The van der Waals surface area contributed by atoms with Crippen LogP contribution in [-0.4, -0.2) is 12.1 Å². The molecule has 0 unspecified atom stereocenters. The van der Waals surface area contributed by atoms with Crippen molar-refractivity contribution < 1.29 is 4.74 Å². The molecule has 0 aliphatic rings. The average molecular weight is 223 g/mol. The minimum Gasteiger partial charge on any atom is -0.497 e. The smallest absolute Gasteiger partial charge is 0.119 e. The number of thiol groups is 1. The fourth-order valence-corrected chi connectivity index (χ4v) is 1.97. The quantitative estimate of drug-likeness (QED) is 0.573. The van der Waals surface area contributed by atoms with Gasteiger partial charge in [0.2, 0.25) is 0 Å². The summed E-state index contributed by atoms with van der Waals surface area (Å²) in [6, 6.07) is 7.58. The number of aromatic amines is 1. The zero-order chi connectivity index (χ0) is 10.1. The van der Waals surface area contributed by atoms with Gasteiger partial charge >= 0.3 is 0 Å². The van der Waals surface area contributed by atoms with Gasteiger partial charge in [0, 0.05) is 15.8 Å². The van der Waals surface area contributed by atoms with Crippen molar-refractivity contribution in [1.29, 1.82) is 0 Å². The van der Waals surface area contributed by atoms with E-state index in [0.717, 1.165) is 21.5 Å². The lowest BCUT2D eigenvalue weighted by Crippen LogP contribution is -1.85. The van der Waals surface area contributed by atoms with E-state index in [2.05, 4.69) is 17.6 Å². The van der Waals surface area contributed by atoms with Crippen LogP contribution in [0.25, 0.3) is 10.9 Å². The van der Waals surface area contributed by atoms with E-state index in [-0.39, 0.29) is 0 Å². The maximum absolute atomic E-state index is 5.13. The van der Waals surface area contributed by atoms with Gasteiger partial charge in [0.05, 0.1) is 7.11 Å². The third-order valence-electron chi connectivity index (χ3n) is 2.03. The van der Waals surface area contributed by atoms with E-state index in [4.69, 9.17) is 17.0 Å². The number of ether oxygens (including phenoxy) is 1. The lowest BCUT2D eigenvalue weighted by atomic mass is 10.2. The Balaban J connectivity index is 2.82. The number of benzene rings is 1. The van der Waals surface area contributed by atoms with Crippen molar-refractivity contribution in [3.63, 3.8) is 0 Å². The second-order valence-corrected chi connectivity index (χ2v) is 3.85. The van der Waals surface area contributed by atoms with Gasteiger partial charge in [-0.25, -0.2) is 0 Å². The summed E-state index contributed by atoms with van der Waals surface area (Å²) < 4.78 is 5.82. The van der Waals surface area contributed by atoms with Crippen LogP contribution in [0, 0.1) is 4.64 Å². The highest BCUT2D eigenvalue weighted by Crippen LogP contribution is 2.24. The number of nitrogens with one attached hydrogen (secondary N) is 1. The molecule has 0 spiro atoms. The van der Waals surface area contributed by atoms with Gasteiger partial charge in [0.25, 0.3) is 0 Å². The van der Waals surface area contributed by atoms with E-state index >= 15 is 0 Å². The molecule has 4 heteroatoms. The largest absolute Gasteiger partial charge is 0.497 e. The molecule has 0 saturated carbocycles. The molecule has 1 aromatic heterocycles. The topological polar surface area (TPSA) is 25.0 Å². The van der Waals surface area contributed by atoms with E-state index in [1.54, 1.807) is 7.11 Å². The predicted octanol–water partition coefficient (Wildman–Crippen LogP) is 3.19. The lowest BCUT2D eigenvalue weighted by Gasteiger charge is -2.04. The lowest BCUT2D eigenvalue weighted by molar-refractivity contribution is 0.415. The molecule has 0 radical (unpaired) electrons. The van der Waals surface area contributed by atoms with Crippen LogP contribution < -0.4 is 4.74 Å². The second-order valence-electron chi connectivity index (χ2n) is 2.93. The van der Waals surface area contributed by atoms with Crippen LogP contribution in [0.4, 0.5) is 0 Å². The van der Waals surface area contributed by atoms with Crippen LogP contribution in [0.1, 0.15) is 0 Å². The molecular formula is C10H9NOS2. The molecule has 2 rings (SSSR count). The SMILES string of the molecule is COc1ccc2[nH]c(=S)cc(S)c2c1. The summed E-state index contributed by atoms with van der Waals surface area (Å²) in [6.45, 7) is 0. The Hall–Kier alpha value is -1.00. The monoisotopic (exact) mass is 223 g/mol. The molecule has 72 valence electrons. The van der Waals surface area contributed by atoms with Gasteiger partial charge in [0.15, 0.2) is 0 Å². The van der Waals surface area contributed by atoms with Crippen LogP contribution in [0.5, 0.6) is 5.75 Å². The molecule has 1 N–H and O–H groups in total. The average Bonchev–Trinajstić information content (AvgIpc) is 2.17. The first-order chi connectivity index (χ1) is 6.70. The summed E-state index contributed by atoms with van der Waals surface area (Å²) in [5.41, 5.74) is 0.975. The molecule has 1 heterocycles. The van der Waals surface area contributed by atoms with Gasteiger partial charge in [-0.05, 0) is 24.3 Å². The Bertz CT molecular complexity index is 533. The minimum absolute atomic E-state index is 0.688. The van der Waals surface area contributed by atoms with Gasteiger partial charge in [-0.2, -0.15) is 0 Å². The van der Waals surface area contributed by atoms with Crippen LogP contribution in [0.3, 0.4) is 0 Å². The number of hydrogen-bond donors (Lipinski definition) is 2. The normalized spacial score (nSPS) is 10.4. The summed E-state index contributed by atoms with van der Waals surface area (Å²) in [5, 5.41) is 1.02. The Morgan fingerprint density at radius 2 is 2.14 bits per heavy atom. The maximum Gasteiger partial charge on any atom is 0.119 e. The molecular weight excluding hydrogens is 214 g/mol. The molecule has 0 aliphatic heterocycles. The molecule has 2 aromatic rings. The number of methoxy groups -OCH3 is 1. The molecule has 14 heavy (non-hydrogen) atoms. The summed E-state index contributed by atoms with van der Waals surface area (Å²) in [7, 11) is 1.64. The minimum atomic E-state index is 0.688. The number of fused-ring (bicyclic) bond motifs is 1. The van der Waals surface area contributed by atoms with Gasteiger partial charge in [-0.3, -0.25) is 0 Å². The molecule has 0 fully saturated rings. The fraction of sp³-hybridized carbons (Fsp3) is 0.100. The molecule has 0 bridgehead atoms. The van der Waals surface area contributed by atoms with Crippen molar-refractivity contribution in [2.24, 2.45) is 0 Å². The Kier molecular flexibility index (Phi) is 2.48. The third kappa shape index (κ3) is 1.63. The summed E-state index contributed by atoms with van der Waals surface area (Å²) >= 11 is 9.42. The van der Waals surface area contributed by atoms with Crippen molar-refractivity contribution in [2.45, 2.75) is 4.90 Å². The first-order valence-electron chi connectivity index (χ1n) is 4.11. The van der Waals surface area contributed by atoms with Crippen molar-refractivity contribution in [1.82, 2.24) is 4.98 Å². The first kappa shape index (κ1) is 9.55. The van der Waals surface area contributed by atoms with Gasteiger partial charge in [-0.15, -0.1) is 12.6 Å².